The van der Waals surface area contributed by atoms with Crippen LogP contribution in [-0.4, -0.2) is 68.1 Å². The van der Waals surface area contributed by atoms with Crippen LogP contribution in [0.15, 0.2) is 97.1 Å². The van der Waals surface area contributed by atoms with Gasteiger partial charge in [0.05, 0.1) is 11.8 Å². The first-order valence-corrected chi connectivity index (χ1v) is 19.4. The van der Waals surface area contributed by atoms with Gasteiger partial charge in [0.1, 0.15) is 47.4 Å². The fourth-order valence-corrected chi connectivity index (χ4v) is 8.31. The normalized spacial score (nSPS) is 21.8. The smallest absolute Gasteiger partial charge is 0.156 e. The fraction of sp³-hybridized carbons (Fsp3) is 0.444. The predicted octanol–water partition coefficient (Wildman–Crippen LogP) is 8.96. The van der Waals surface area contributed by atoms with Gasteiger partial charge in [-0.05, 0) is 86.5 Å². The summed E-state index contributed by atoms with van der Waals surface area (Å²) in [5.41, 5.74) is 1.95. The van der Waals surface area contributed by atoms with Crippen molar-refractivity contribution in [2.75, 3.05) is 52.5 Å². The van der Waals surface area contributed by atoms with Crippen LogP contribution in [0.25, 0.3) is 0 Å². The fourth-order valence-electron chi connectivity index (χ4n) is 8.31. The summed E-state index contributed by atoms with van der Waals surface area (Å²) in [6.07, 6.45) is 1.21. The SMILES string of the molecule is CCN(CC)CCOc1ccc(C2(CC)Oc3ccccc3C2C(=O)C2c3ccccc3OC2(CC)c2ccc(OCCN(CC)CC)cc2)cc1. The highest BCUT2D eigenvalue weighted by atomic mass is 16.5. The lowest BCUT2D eigenvalue weighted by atomic mass is 9.66. The van der Waals surface area contributed by atoms with E-state index in [1.165, 1.54) is 0 Å². The number of para-hydroxylation sites is 2. The van der Waals surface area contributed by atoms with Gasteiger partial charge in [-0.25, -0.2) is 0 Å². The van der Waals surface area contributed by atoms with E-state index < -0.39 is 23.0 Å². The third-order valence-electron chi connectivity index (χ3n) is 11.4. The van der Waals surface area contributed by atoms with Gasteiger partial charge in [0.25, 0.3) is 0 Å². The molecule has 4 atom stereocenters. The van der Waals surface area contributed by atoms with E-state index in [1.807, 2.05) is 60.7 Å². The lowest BCUT2D eigenvalue weighted by Crippen LogP contribution is -2.45. The maximum absolute atomic E-state index is 15.7. The van der Waals surface area contributed by atoms with E-state index in [0.29, 0.717) is 26.1 Å². The lowest BCUT2D eigenvalue weighted by molar-refractivity contribution is -0.130. The Morgan fingerprint density at radius 1 is 0.558 bits per heavy atom. The standard InChI is InChI=1S/C45H56N2O5/c1-7-44(33-21-25-35(26-22-33)49-31-29-46(9-3)10-4)41(37-17-13-15-19-39(37)51-44)43(48)42-38-18-14-16-20-40(38)52-45(42,8-2)34-23-27-36(28-24-34)50-32-30-47(11-5)12-6/h13-28,41-42H,7-12,29-32H2,1-6H3. The Kier molecular flexibility index (Phi) is 11.9. The molecule has 0 N–H and O–H groups in total. The number of carbonyl (C=O) groups is 1. The maximum atomic E-state index is 15.7. The van der Waals surface area contributed by atoms with E-state index in [1.54, 1.807) is 0 Å². The molecule has 2 heterocycles. The molecule has 4 aromatic rings. The van der Waals surface area contributed by atoms with Crippen molar-refractivity contribution >= 4 is 5.78 Å². The molecule has 6 rings (SSSR count). The summed E-state index contributed by atoms with van der Waals surface area (Å²) >= 11 is 0. The van der Waals surface area contributed by atoms with Crippen molar-refractivity contribution < 1.29 is 23.7 Å². The Labute approximate surface area is 310 Å². The number of fused-ring (bicyclic) bond motifs is 2. The minimum Gasteiger partial charge on any atom is -0.492 e. The zero-order chi connectivity index (χ0) is 36.7. The molecule has 0 aromatic heterocycles. The van der Waals surface area contributed by atoms with Gasteiger partial charge in [0, 0.05) is 24.2 Å². The highest BCUT2D eigenvalue weighted by Crippen LogP contribution is 2.59. The summed E-state index contributed by atoms with van der Waals surface area (Å²) in [7, 11) is 0. The van der Waals surface area contributed by atoms with E-state index >= 15 is 4.79 Å². The molecule has 0 saturated carbocycles. The molecule has 0 fully saturated rings. The van der Waals surface area contributed by atoms with Gasteiger partial charge in [-0.1, -0.05) is 102 Å². The number of ketones is 1. The molecule has 0 spiro atoms. The molecule has 0 aliphatic carbocycles. The Morgan fingerprint density at radius 3 is 1.27 bits per heavy atom. The monoisotopic (exact) mass is 704 g/mol. The number of rotatable bonds is 18. The molecule has 52 heavy (non-hydrogen) atoms. The van der Waals surface area contributed by atoms with Gasteiger partial charge in [0.15, 0.2) is 5.78 Å². The zero-order valence-corrected chi connectivity index (χ0v) is 31.9. The van der Waals surface area contributed by atoms with Gasteiger partial charge in [0.2, 0.25) is 0 Å². The van der Waals surface area contributed by atoms with Crippen LogP contribution >= 0.6 is 0 Å². The van der Waals surface area contributed by atoms with Crippen LogP contribution in [0.1, 0.15) is 88.5 Å². The van der Waals surface area contributed by atoms with Crippen LogP contribution < -0.4 is 18.9 Å². The van der Waals surface area contributed by atoms with E-state index in [4.69, 9.17) is 18.9 Å². The van der Waals surface area contributed by atoms with E-state index in [9.17, 15) is 0 Å². The molecule has 0 bridgehead atoms. The van der Waals surface area contributed by atoms with Crippen LogP contribution in [0.3, 0.4) is 0 Å². The molecular formula is C45H56N2O5. The van der Waals surface area contributed by atoms with Crippen molar-refractivity contribution in [2.24, 2.45) is 0 Å². The number of hydrogen-bond donors (Lipinski definition) is 0. The third kappa shape index (κ3) is 7.05. The Bertz CT molecular complexity index is 1640. The first kappa shape index (κ1) is 37.4. The summed E-state index contributed by atoms with van der Waals surface area (Å²) < 4.78 is 26.2. The van der Waals surface area contributed by atoms with Crippen LogP contribution in [0.4, 0.5) is 0 Å². The number of hydrogen-bond acceptors (Lipinski definition) is 7. The Morgan fingerprint density at radius 2 is 0.923 bits per heavy atom. The van der Waals surface area contributed by atoms with Gasteiger partial charge in [-0.2, -0.15) is 0 Å². The van der Waals surface area contributed by atoms with Gasteiger partial charge in [-0.15, -0.1) is 0 Å². The number of benzene rings is 4. The van der Waals surface area contributed by atoms with E-state index in [2.05, 4.69) is 87.7 Å². The summed E-state index contributed by atoms with van der Waals surface area (Å²) in [5, 5.41) is 0. The molecule has 276 valence electrons. The van der Waals surface area contributed by atoms with Crippen molar-refractivity contribution in [1.29, 1.82) is 0 Å². The second kappa shape index (κ2) is 16.6. The molecule has 4 unspecified atom stereocenters. The van der Waals surface area contributed by atoms with Crippen LogP contribution in [-0.2, 0) is 16.0 Å². The quantitative estimate of drug-likeness (QED) is 0.103. The predicted molar refractivity (Wildman–Crippen MR) is 208 cm³/mol. The lowest BCUT2D eigenvalue weighted by Gasteiger charge is -2.39. The second-order valence-corrected chi connectivity index (χ2v) is 13.8. The highest BCUT2D eigenvalue weighted by molar-refractivity contribution is 5.97. The number of likely N-dealkylation sites (N-methyl/N-ethyl adjacent to an activating group) is 2. The summed E-state index contributed by atoms with van der Waals surface area (Å²) in [4.78, 5) is 20.4. The molecule has 7 nitrogen and oxygen atoms in total. The first-order valence-electron chi connectivity index (χ1n) is 19.4. The molecule has 0 radical (unpaired) electrons. The molecule has 2 aliphatic heterocycles. The summed E-state index contributed by atoms with van der Waals surface area (Å²) in [6, 6.07) is 32.4. The summed E-state index contributed by atoms with van der Waals surface area (Å²) in [6.45, 7) is 19.9. The molecular weight excluding hydrogens is 649 g/mol. The first-order chi connectivity index (χ1) is 25.4. The minimum atomic E-state index is -0.903. The number of carbonyl (C=O) groups excluding carboxylic acids is 1. The number of ether oxygens (including phenoxy) is 4. The maximum Gasteiger partial charge on any atom is 0.156 e. The average Bonchev–Trinajstić information content (AvgIpc) is 3.73. The molecule has 2 aliphatic rings. The third-order valence-corrected chi connectivity index (χ3v) is 11.4. The van der Waals surface area contributed by atoms with Gasteiger partial charge < -0.3 is 28.7 Å². The van der Waals surface area contributed by atoms with Crippen LogP contribution in [0, 0.1) is 0 Å². The van der Waals surface area contributed by atoms with Crippen molar-refractivity contribution in [1.82, 2.24) is 9.80 Å². The Balaban J connectivity index is 1.35. The van der Waals surface area contributed by atoms with Crippen molar-refractivity contribution in [3.8, 4) is 23.0 Å². The number of Topliss-reactive ketones (excluding diaryl/α,β-unsaturated/α-hetero) is 1. The van der Waals surface area contributed by atoms with Crippen LogP contribution in [0.2, 0.25) is 0 Å². The molecule has 0 amide bonds. The molecule has 4 aromatic carbocycles. The Hall–Kier alpha value is -4.33. The highest BCUT2D eigenvalue weighted by Gasteiger charge is 2.60. The van der Waals surface area contributed by atoms with E-state index in [0.717, 1.165) is 84.5 Å². The zero-order valence-electron chi connectivity index (χ0n) is 31.9. The summed E-state index contributed by atoms with van der Waals surface area (Å²) in [5.74, 6) is 2.10. The molecule has 0 saturated heterocycles. The second-order valence-electron chi connectivity index (χ2n) is 13.8. The van der Waals surface area contributed by atoms with Crippen molar-refractivity contribution in [3.05, 3.63) is 119 Å². The van der Waals surface area contributed by atoms with Crippen molar-refractivity contribution in [2.45, 2.75) is 77.4 Å². The van der Waals surface area contributed by atoms with Crippen LogP contribution in [0.5, 0.6) is 23.0 Å². The average molecular weight is 705 g/mol. The van der Waals surface area contributed by atoms with E-state index in [-0.39, 0.29) is 5.78 Å². The van der Waals surface area contributed by atoms with Gasteiger partial charge >= 0.3 is 0 Å². The van der Waals surface area contributed by atoms with Crippen molar-refractivity contribution in [3.63, 3.8) is 0 Å². The molecule has 7 heteroatoms. The topological polar surface area (TPSA) is 60.5 Å². The largest absolute Gasteiger partial charge is 0.492 e. The van der Waals surface area contributed by atoms with Gasteiger partial charge in [-0.3, -0.25) is 4.79 Å². The number of nitrogens with zero attached hydrogens (tertiary/aromatic N) is 2. The minimum absolute atomic E-state index is 0.0951.